The minimum absolute atomic E-state index is 0.102. The molecule has 1 unspecified atom stereocenters. The average molecular weight is 322 g/mol. The van der Waals surface area contributed by atoms with Gasteiger partial charge < -0.3 is 0 Å². The van der Waals surface area contributed by atoms with Crippen molar-refractivity contribution in [1.82, 2.24) is 0 Å². The van der Waals surface area contributed by atoms with Gasteiger partial charge in [-0.05, 0) is 38.0 Å². The first-order valence-corrected chi connectivity index (χ1v) is 9.08. The Bertz CT molecular complexity index is 425. The van der Waals surface area contributed by atoms with Gasteiger partial charge >= 0.3 is 0 Å². The zero-order chi connectivity index (χ0) is 17.1. The zero-order valence-corrected chi connectivity index (χ0v) is 14.4. The third-order valence-electron chi connectivity index (χ3n) is 4.55. The van der Waals surface area contributed by atoms with E-state index in [-0.39, 0.29) is 29.1 Å². The van der Waals surface area contributed by atoms with Crippen molar-refractivity contribution < 1.29 is 19.2 Å². The molecule has 0 heterocycles. The van der Waals surface area contributed by atoms with Crippen molar-refractivity contribution in [2.24, 2.45) is 5.92 Å². The molecule has 1 saturated carbocycles. The highest BCUT2D eigenvalue weighted by Crippen LogP contribution is 2.23. The molecule has 0 N–H and O–H groups in total. The molecule has 0 aromatic carbocycles. The second-order valence-corrected chi connectivity index (χ2v) is 6.76. The Morgan fingerprint density at radius 3 is 2.13 bits per heavy atom. The molecule has 1 aliphatic carbocycles. The number of carbonyl (C=O) groups is 4. The smallest absolute Gasteiger partial charge is 0.133 e. The lowest BCUT2D eigenvalue weighted by atomic mass is 9.87. The molecule has 0 aromatic heterocycles. The second-order valence-electron chi connectivity index (χ2n) is 6.76. The molecule has 0 spiro atoms. The third-order valence-corrected chi connectivity index (χ3v) is 4.55. The first-order chi connectivity index (χ1) is 11.0. The molecule has 4 heteroatoms. The summed E-state index contributed by atoms with van der Waals surface area (Å²) < 4.78 is 0. The van der Waals surface area contributed by atoms with Crippen LogP contribution < -0.4 is 0 Å². The summed E-state index contributed by atoms with van der Waals surface area (Å²) in [5, 5.41) is 0. The molecule has 23 heavy (non-hydrogen) atoms. The molecule has 1 fully saturated rings. The molecular weight excluding hydrogens is 292 g/mol. The van der Waals surface area contributed by atoms with Gasteiger partial charge in [-0.25, -0.2) is 0 Å². The largest absolute Gasteiger partial charge is 0.300 e. The molecule has 0 amide bonds. The van der Waals surface area contributed by atoms with Crippen LogP contribution >= 0.6 is 0 Å². The summed E-state index contributed by atoms with van der Waals surface area (Å²) in [5.41, 5.74) is 0. The van der Waals surface area contributed by atoms with Crippen molar-refractivity contribution in [3.63, 3.8) is 0 Å². The molecule has 130 valence electrons. The third kappa shape index (κ3) is 9.42. The number of hydrogen-bond donors (Lipinski definition) is 0. The van der Waals surface area contributed by atoms with Crippen LogP contribution in [0.3, 0.4) is 0 Å². The SMILES string of the molecule is CCCC(=O)CCC(=O)CCC1CCC(=O)CCCCC(=O)C1. The Morgan fingerprint density at radius 2 is 1.48 bits per heavy atom. The van der Waals surface area contributed by atoms with Gasteiger partial charge in [0.05, 0.1) is 0 Å². The Hall–Kier alpha value is -1.32. The maximum atomic E-state index is 11.9. The fourth-order valence-electron chi connectivity index (χ4n) is 3.08. The summed E-state index contributed by atoms with van der Waals surface area (Å²) >= 11 is 0. The summed E-state index contributed by atoms with van der Waals surface area (Å²) in [6.07, 6.45) is 7.62. The van der Waals surface area contributed by atoms with Gasteiger partial charge in [-0.3, -0.25) is 19.2 Å². The number of ketones is 4. The van der Waals surface area contributed by atoms with E-state index in [1.165, 1.54) is 0 Å². The lowest BCUT2D eigenvalue weighted by molar-refractivity contribution is -0.125. The Morgan fingerprint density at radius 1 is 0.870 bits per heavy atom. The van der Waals surface area contributed by atoms with Crippen LogP contribution in [0.1, 0.15) is 90.4 Å². The summed E-state index contributed by atoms with van der Waals surface area (Å²) in [5.74, 6) is 0.932. The number of Topliss-reactive ketones (excluding diaryl/α,β-unsaturated/α-hetero) is 4. The first kappa shape index (κ1) is 19.7. The van der Waals surface area contributed by atoms with Gasteiger partial charge in [0.25, 0.3) is 0 Å². The molecule has 0 aliphatic heterocycles. The lowest BCUT2D eigenvalue weighted by Gasteiger charge is -2.17. The second kappa shape index (κ2) is 11.3. The summed E-state index contributed by atoms with van der Waals surface area (Å²) in [6.45, 7) is 1.96. The van der Waals surface area contributed by atoms with E-state index in [0.717, 1.165) is 19.3 Å². The lowest BCUT2D eigenvalue weighted by Crippen LogP contribution is -2.14. The van der Waals surface area contributed by atoms with Gasteiger partial charge in [-0.2, -0.15) is 0 Å². The van der Waals surface area contributed by atoms with Crippen molar-refractivity contribution >= 4 is 23.1 Å². The Balaban J connectivity index is 2.36. The van der Waals surface area contributed by atoms with E-state index in [4.69, 9.17) is 0 Å². The number of carbonyl (C=O) groups excluding carboxylic acids is 4. The van der Waals surface area contributed by atoms with E-state index in [2.05, 4.69) is 0 Å². The highest BCUT2D eigenvalue weighted by atomic mass is 16.1. The first-order valence-electron chi connectivity index (χ1n) is 9.08. The maximum absolute atomic E-state index is 11.9. The highest BCUT2D eigenvalue weighted by Gasteiger charge is 2.18. The molecule has 4 nitrogen and oxygen atoms in total. The van der Waals surface area contributed by atoms with Crippen molar-refractivity contribution in [1.29, 1.82) is 0 Å². The molecule has 1 aliphatic rings. The van der Waals surface area contributed by atoms with Gasteiger partial charge in [0.15, 0.2) is 0 Å². The minimum Gasteiger partial charge on any atom is -0.300 e. The topological polar surface area (TPSA) is 68.3 Å². The predicted molar refractivity (Wildman–Crippen MR) is 89.2 cm³/mol. The van der Waals surface area contributed by atoms with Crippen molar-refractivity contribution in [2.45, 2.75) is 90.4 Å². The Labute approximate surface area is 139 Å². The van der Waals surface area contributed by atoms with Crippen LogP contribution in [0.5, 0.6) is 0 Å². The van der Waals surface area contributed by atoms with Crippen LogP contribution in [0.2, 0.25) is 0 Å². The van der Waals surface area contributed by atoms with Crippen molar-refractivity contribution in [2.75, 3.05) is 0 Å². The van der Waals surface area contributed by atoms with Crippen molar-refractivity contribution in [3.05, 3.63) is 0 Å². The molecule has 0 radical (unpaired) electrons. The average Bonchev–Trinajstić information content (AvgIpc) is 2.52. The van der Waals surface area contributed by atoms with E-state index < -0.39 is 0 Å². The van der Waals surface area contributed by atoms with Crippen LogP contribution in [0.15, 0.2) is 0 Å². The fourth-order valence-corrected chi connectivity index (χ4v) is 3.08. The molecule has 1 rings (SSSR count). The highest BCUT2D eigenvalue weighted by molar-refractivity contribution is 5.86. The predicted octanol–water partition coefficient (Wildman–Crippen LogP) is 3.98. The summed E-state index contributed by atoms with van der Waals surface area (Å²) in [6, 6.07) is 0. The number of hydrogen-bond acceptors (Lipinski definition) is 4. The van der Waals surface area contributed by atoms with Crippen LogP contribution in [-0.4, -0.2) is 23.1 Å². The normalized spacial score (nSPS) is 20.3. The summed E-state index contributed by atoms with van der Waals surface area (Å²) in [4.78, 5) is 47.0. The van der Waals surface area contributed by atoms with Gasteiger partial charge in [-0.1, -0.05) is 6.92 Å². The van der Waals surface area contributed by atoms with Crippen molar-refractivity contribution in [3.8, 4) is 0 Å². The van der Waals surface area contributed by atoms with Crippen LogP contribution in [-0.2, 0) is 19.2 Å². The van der Waals surface area contributed by atoms with E-state index in [1.807, 2.05) is 6.92 Å². The van der Waals surface area contributed by atoms with Gasteiger partial charge in [0.1, 0.15) is 23.1 Å². The monoisotopic (exact) mass is 322 g/mol. The van der Waals surface area contributed by atoms with Gasteiger partial charge in [-0.15, -0.1) is 0 Å². The molecule has 1 atom stereocenters. The van der Waals surface area contributed by atoms with E-state index >= 15 is 0 Å². The number of rotatable bonds is 8. The van der Waals surface area contributed by atoms with Crippen LogP contribution in [0.25, 0.3) is 0 Å². The molecule has 0 saturated heterocycles. The summed E-state index contributed by atoms with van der Waals surface area (Å²) in [7, 11) is 0. The molecular formula is C19H30O4. The molecule has 0 bridgehead atoms. The van der Waals surface area contributed by atoms with E-state index in [0.29, 0.717) is 64.2 Å². The van der Waals surface area contributed by atoms with Crippen LogP contribution in [0, 0.1) is 5.92 Å². The maximum Gasteiger partial charge on any atom is 0.133 e. The quantitative estimate of drug-likeness (QED) is 0.677. The zero-order valence-electron chi connectivity index (χ0n) is 14.4. The van der Waals surface area contributed by atoms with E-state index in [9.17, 15) is 19.2 Å². The van der Waals surface area contributed by atoms with Gasteiger partial charge in [0.2, 0.25) is 0 Å². The van der Waals surface area contributed by atoms with E-state index in [1.54, 1.807) is 0 Å². The molecule has 0 aromatic rings. The minimum atomic E-state index is 0.102. The van der Waals surface area contributed by atoms with Crippen LogP contribution in [0.4, 0.5) is 0 Å². The fraction of sp³-hybridized carbons (Fsp3) is 0.789. The van der Waals surface area contributed by atoms with Gasteiger partial charge in [0, 0.05) is 51.4 Å². The standard InChI is InChI=1S/C19H30O4/c1-2-5-16(20)12-13-18(22)11-9-15-8-10-17(21)6-3-4-7-19(23)14-15/h15H,2-14H2,1H3. The Kier molecular flexibility index (Phi) is 9.65.